The molecule has 26 heavy (non-hydrogen) atoms. The standard InChI is InChI=1S/C18H24N2O6/c1-12(21)15(16(22)20-10-6-9-14(20)17(23)25-2)19-18(24)26-11-13-7-4-3-5-8-13/h3-5,7-8,12,14-15,21H,6,9-11H2,1-2H3,(H,19,24). The summed E-state index contributed by atoms with van der Waals surface area (Å²) in [5.74, 6) is -1.04. The SMILES string of the molecule is COC(=O)C1CCCN1C(=O)C(NC(=O)OCc1ccccc1)C(C)O. The quantitative estimate of drug-likeness (QED) is 0.725. The molecule has 0 radical (unpaired) electrons. The molecule has 1 aromatic carbocycles. The highest BCUT2D eigenvalue weighted by atomic mass is 16.5. The zero-order chi connectivity index (χ0) is 19.1. The summed E-state index contributed by atoms with van der Waals surface area (Å²) in [7, 11) is 1.26. The Bertz CT molecular complexity index is 634. The number of nitrogens with zero attached hydrogens (tertiary/aromatic N) is 1. The monoisotopic (exact) mass is 364 g/mol. The number of aliphatic hydroxyl groups is 1. The van der Waals surface area contributed by atoms with E-state index < -0.39 is 36.2 Å². The third kappa shape index (κ3) is 4.95. The molecule has 0 bridgehead atoms. The van der Waals surface area contributed by atoms with Crippen molar-refractivity contribution < 1.29 is 29.0 Å². The van der Waals surface area contributed by atoms with Crippen LogP contribution < -0.4 is 5.32 Å². The fourth-order valence-electron chi connectivity index (χ4n) is 2.87. The number of rotatable bonds is 6. The average molecular weight is 364 g/mol. The van der Waals surface area contributed by atoms with Crippen LogP contribution in [0.3, 0.4) is 0 Å². The summed E-state index contributed by atoms with van der Waals surface area (Å²) in [6.45, 7) is 1.80. The average Bonchev–Trinajstić information content (AvgIpc) is 3.13. The number of aliphatic hydroxyl groups excluding tert-OH is 1. The Balaban J connectivity index is 1.97. The summed E-state index contributed by atoms with van der Waals surface area (Å²) in [5.41, 5.74) is 0.799. The van der Waals surface area contributed by atoms with Gasteiger partial charge in [-0.2, -0.15) is 0 Å². The lowest BCUT2D eigenvalue weighted by atomic mass is 10.1. The van der Waals surface area contributed by atoms with Crippen LogP contribution in [-0.2, 0) is 25.7 Å². The minimum atomic E-state index is -1.21. The van der Waals surface area contributed by atoms with Gasteiger partial charge in [0, 0.05) is 6.54 Å². The first kappa shape index (κ1) is 19.7. The highest BCUT2D eigenvalue weighted by Gasteiger charge is 2.39. The topological polar surface area (TPSA) is 105 Å². The molecule has 2 N–H and O–H groups in total. The van der Waals surface area contributed by atoms with E-state index in [2.05, 4.69) is 5.32 Å². The van der Waals surface area contributed by atoms with Crippen molar-refractivity contribution >= 4 is 18.0 Å². The first-order chi connectivity index (χ1) is 12.4. The van der Waals surface area contributed by atoms with E-state index in [0.717, 1.165) is 5.56 Å². The minimum absolute atomic E-state index is 0.0435. The molecule has 0 saturated carbocycles. The van der Waals surface area contributed by atoms with Crippen molar-refractivity contribution in [3.05, 3.63) is 35.9 Å². The zero-order valence-electron chi connectivity index (χ0n) is 14.9. The smallest absolute Gasteiger partial charge is 0.408 e. The molecule has 1 heterocycles. The summed E-state index contributed by atoms with van der Waals surface area (Å²) >= 11 is 0. The second-order valence-electron chi connectivity index (χ2n) is 6.14. The summed E-state index contributed by atoms with van der Waals surface area (Å²) in [5, 5.41) is 12.3. The van der Waals surface area contributed by atoms with Crippen molar-refractivity contribution in [1.82, 2.24) is 10.2 Å². The fourth-order valence-corrected chi connectivity index (χ4v) is 2.87. The van der Waals surface area contributed by atoms with Crippen LogP contribution in [0.5, 0.6) is 0 Å². The van der Waals surface area contributed by atoms with Crippen LogP contribution in [0, 0.1) is 0 Å². The number of alkyl carbamates (subject to hydrolysis) is 1. The maximum absolute atomic E-state index is 12.7. The van der Waals surface area contributed by atoms with Gasteiger partial charge in [-0.3, -0.25) is 4.79 Å². The molecule has 0 spiro atoms. The van der Waals surface area contributed by atoms with E-state index in [0.29, 0.717) is 19.4 Å². The normalized spacial score (nSPS) is 18.7. The van der Waals surface area contributed by atoms with Gasteiger partial charge in [0.2, 0.25) is 5.91 Å². The number of benzene rings is 1. The van der Waals surface area contributed by atoms with Crippen molar-refractivity contribution in [1.29, 1.82) is 0 Å². The number of hydrogen-bond donors (Lipinski definition) is 2. The minimum Gasteiger partial charge on any atom is -0.467 e. The Labute approximate surface area is 152 Å². The number of ether oxygens (including phenoxy) is 2. The molecule has 0 aliphatic carbocycles. The van der Waals surface area contributed by atoms with Crippen LogP contribution in [0.4, 0.5) is 4.79 Å². The molecule has 3 atom stereocenters. The largest absolute Gasteiger partial charge is 0.467 e. The predicted molar refractivity (Wildman–Crippen MR) is 92.0 cm³/mol. The summed E-state index contributed by atoms with van der Waals surface area (Å²) in [6, 6.07) is 7.18. The fraction of sp³-hybridized carbons (Fsp3) is 0.500. The van der Waals surface area contributed by atoms with Crippen molar-refractivity contribution in [2.75, 3.05) is 13.7 Å². The first-order valence-electron chi connectivity index (χ1n) is 8.47. The third-order valence-electron chi connectivity index (χ3n) is 4.24. The van der Waals surface area contributed by atoms with Crippen LogP contribution in [0.25, 0.3) is 0 Å². The van der Waals surface area contributed by atoms with Crippen LogP contribution in [0.1, 0.15) is 25.3 Å². The van der Waals surface area contributed by atoms with Gasteiger partial charge in [0.05, 0.1) is 13.2 Å². The maximum atomic E-state index is 12.7. The number of amides is 2. The number of carbonyl (C=O) groups is 3. The van der Waals surface area contributed by atoms with Crippen molar-refractivity contribution in [2.45, 2.75) is 44.6 Å². The summed E-state index contributed by atoms with van der Waals surface area (Å²) < 4.78 is 9.81. The van der Waals surface area contributed by atoms with E-state index in [1.165, 1.54) is 18.9 Å². The number of methoxy groups -OCH3 is 1. The van der Waals surface area contributed by atoms with Gasteiger partial charge in [0.1, 0.15) is 18.7 Å². The lowest BCUT2D eigenvalue weighted by Gasteiger charge is -2.29. The molecule has 2 amide bonds. The van der Waals surface area contributed by atoms with E-state index >= 15 is 0 Å². The lowest BCUT2D eigenvalue weighted by molar-refractivity contribution is -0.152. The summed E-state index contributed by atoms with van der Waals surface area (Å²) in [6.07, 6.45) is -0.826. The van der Waals surface area contributed by atoms with Crippen molar-refractivity contribution in [3.63, 3.8) is 0 Å². The van der Waals surface area contributed by atoms with Gasteiger partial charge < -0.3 is 24.8 Å². The molecule has 1 aromatic rings. The van der Waals surface area contributed by atoms with Crippen molar-refractivity contribution in [3.8, 4) is 0 Å². The van der Waals surface area contributed by atoms with Crippen LogP contribution in [-0.4, -0.2) is 59.8 Å². The number of likely N-dealkylation sites (tertiary alicyclic amines) is 1. The van der Waals surface area contributed by atoms with Crippen molar-refractivity contribution in [2.24, 2.45) is 0 Å². The Morgan fingerprint density at radius 2 is 2.00 bits per heavy atom. The second-order valence-corrected chi connectivity index (χ2v) is 6.14. The van der Waals surface area contributed by atoms with E-state index in [4.69, 9.17) is 9.47 Å². The Kier molecular flexibility index (Phi) is 6.97. The number of carbonyl (C=O) groups excluding carboxylic acids is 3. The maximum Gasteiger partial charge on any atom is 0.408 e. The van der Waals surface area contributed by atoms with E-state index in [9.17, 15) is 19.5 Å². The Hall–Kier alpha value is -2.61. The molecule has 0 aromatic heterocycles. The molecule has 2 rings (SSSR count). The Morgan fingerprint density at radius 3 is 2.62 bits per heavy atom. The van der Waals surface area contributed by atoms with Gasteiger partial charge in [-0.25, -0.2) is 9.59 Å². The van der Waals surface area contributed by atoms with Gasteiger partial charge in [0.15, 0.2) is 0 Å². The third-order valence-corrected chi connectivity index (χ3v) is 4.24. The Morgan fingerprint density at radius 1 is 1.31 bits per heavy atom. The molecule has 1 aliphatic heterocycles. The van der Waals surface area contributed by atoms with Gasteiger partial charge >= 0.3 is 12.1 Å². The second kappa shape index (κ2) is 9.19. The highest BCUT2D eigenvalue weighted by Crippen LogP contribution is 2.20. The molecular formula is C18H24N2O6. The molecule has 3 unspecified atom stereocenters. The highest BCUT2D eigenvalue weighted by molar-refractivity contribution is 5.90. The van der Waals surface area contributed by atoms with E-state index in [1.807, 2.05) is 18.2 Å². The van der Waals surface area contributed by atoms with E-state index in [1.54, 1.807) is 12.1 Å². The number of nitrogens with one attached hydrogen (secondary N) is 1. The van der Waals surface area contributed by atoms with Gasteiger partial charge in [0.25, 0.3) is 0 Å². The molecule has 1 aliphatic rings. The van der Waals surface area contributed by atoms with Gasteiger partial charge in [-0.05, 0) is 25.3 Å². The molecular weight excluding hydrogens is 340 g/mol. The van der Waals surface area contributed by atoms with Crippen LogP contribution >= 0.6 is 0 Å². The first-order valence-corrected chi connectivity index (χ1v) is 8.47. The predicted octanol–water partition coefficient (Wildman–Crippen LogP) is 0.826. The van der Waals surface area contributed by atoms with Crippen LogP contribution in [0.2, 0.25) is 0 Å². The van der Waals surface area contributed by atoms with Gasteiger partial charge in [-0.1, -0.05) is 30.3 Å². The molecule has 8 heteroatoms. The summed E-state index contributed by atoms with van der Waals surface area (Å²) in [4.78, 5) is 37.9. The number of hydrogen-bond acceptors (Lipinski definition) is 6. The molecule has 142 valence electrons. The van der Waals surface area contributed by atoms with E-state index in [-0.39, 0.29) is 6.61 Å². The molecule has 1 fully saturated rings. The number of esters is 1. The molecule has 1 saturated heterocycles. The molecule has 8 nitrogen and oxygen atoms in total. The zero-order valence-corrected chi connectivity index (χ0v) is 14.9. The lowest BCUT2D eigenvalue weighted by Crippen LogP contribution is -2.56. The van der Waals surface area contributed by atoms with Crippen LogP contribution in [0.15, 0.2) is 30.3 Å². The van der Waals surface area contributed by atoms with Gasteiger partial charge in [-0.15, -0.1) is 0 Å².